The summed E-state index contributed by atoms with van der Waals surface area (Å²) in [7, 11) is -3.79. The largest absolute Gasteiger partial charge is 0.301 e. The minimum atomic E-state index is -3.79. The van der Waals surface area contributed by atoms with E-state index in [1.807, 2.05) is 36.4 Å². The van der Waals surface area contributed by atoms with Gasteiger partial charge in [0.15, 0.2) is 5.13 Å². The first-order valence-electron chi connectivity index (χ1n) is 9.80. The zero-order valence-corrected chi connectivity index (χ0v) is 19.5. The highest BCUT2D eigenvalue weighted by molar-refractivity contribution is 7.91. The van der Waals surface area contributed by atoms with Crippen molar-refractivity contribution >= 4 is 76.3 Å². The molecule has 1 saturated heterocycles. The van der Waals surface area contributed by atoms with Crippen LogP contribution in [-0.2, 0) is 14.8 Å². The average molecular weight is 492 g/mol. The van der Waals surface area contributed by atoms with Crippen molar-refractivity contribution in [3.05, 3.63) is 52.9 Å². The van der Waals surface area contributed by atoms with Crippen LogP contribution in [0.25, 0.3) is 21.0 Å². The Morgan fingerprint density at radius 2 is 1.94 bits per heavy atom. The Bertz CT molecular complexity index is 1400. The summed E-state index contributed by atoms with van der Waals surface area (Å²) in [6.45, 7) is 0.306. The van der Waals surface area contributed by atoms with Gasteiger partial charge in [0, 0.05) is 11.9 Å². The van der Waals surface area contributed by atoms with Crippen molar-refractivity contribution < 1.29 is 13.2 Å². The quantitative estimate of drug-likeness (QED) is 0.417. The van der Waals surface area contributed by atoms with Gasteiger partial charge in [-0.25, -0.2) is 13.4 Å². The van der Waals surface area contributed by atoms with Gasteiger partial charge in [-0.2, -0.15) is 4.31 Å². The molecule has 160 valence electrons. The molecule has 1 unspecified atom stereocenters. The summed E-state index contributed by atoms with van der Waals surface area (Å²) in [5.74, 6) is -0.353. The molecule has 4 aromatic rings. The van der Waals surface area contributed by atoms with Crippen molar-refractivity contribution in [3.8, 4) is 0 Å². The molecule has 1 atom stereocenters. The van der Waals surface area contributed by atoms with E-state index < -0.39 is 16.1 Å². The molecule has 0 radical (unpaired) electrons. The number of benzene rings is 2. The first-order valence-corrected chi connectivity index (χ1v) is 13.2. The second-order valence-electron chi connectivity index (χ2n) is 7.33. The number of halogens is 1. The number of carbonyl (C=O) groups is 1. The lowest BCUT2D eigenvalue weighted by Crippen LogP contribution is -2.49. The molecule has 2 aromatic heterocycles. The standard InChI is InChI=1S/C21H18ClN3O3S3/c22-17-10-11-18(29-17)31(27,28)25-12-4-3-7-16(25)20(26)24-21-23-15-9-8-13-5-1-2-6-14(13)19(15)30-21/h1-2,5-6,8-11,16H,3-4,7,12H2,(H,23,24,26). The van der Waals surface area contributed by atoms with Crippen molar-refractivity contribution in [3.63, 3.8) is 0 Å². The summed E-state index contributed by atoms with van der Waals surface area (Å²) in [5.41, 5.74) is 0.806. The zero-order chi connectivity index (χ0) is 21.6. The van der Waals surface area contributed by atoms with Gasteiger partial charge in [-0.15, -0.1) is 11.3 Å². The summed E-state index contributed by atoms with van der Waals surface area (Å²) in [5, 5.41) is 5.52. The van der Waals surface area contributed by atoms with Crippen molar-refractivity contribution in [1.82, 2.24) is 9.29 Å². The third-order valence-corrected chi connectivity index (χ3v) is 10.0. The lowest BCUT2D eigenvalue weighted by Gasteiger charge is -2.32. The number of carbonyl (C=O) groups excluding carboxylic acids is 1. The highest BCUT2D eigenvalue weighted by atomic mass is 35.5. The van der Waals surface area contributed by atoms with E-state index in [1.54, 1.807) is 6.07 Å². The fourth-order valence-electron chi connectivity index (χ4n) is 3.90. The SMILES string of the molecule is O=C(Nc1nc2ccc3ccccc3c2s1)C1CCCCN1S(=O)(=O)c1ccc(Cl)s1. The number of thiophene rings is 1. The molecule has 6 nitrogen and oxygen atoms in total. The minimum absolute atomic E-state index is 0.156. The number of amides is 1. The van der Waals surface area contributed by atoms with Gasteiger partial charge in [-0.1, -0.05) is 59.7 Å². The fraction of sp³-hybridized carbons (Fsp3) is 0.238. The normalized spacial score (nSPS) is 17.9. The Morgan fingerprint density at radius 3 is 2.74 bits per heavy atom. The summed E-state index contributed by atoms with van der Waals surface area (Å²) >= 11 is 8.35. The molecule has 31 heavy (non-hydrogen) atoms. The topological polar surface area (TPSA) is 79.4 Å². The highest BCUT2D eigenvalue weighted by Gasteiger charge is 2.38. The molecule has 1 aliphatic heterocycles. The van der Waals surface area contributed by atoms with Crippen LogP contribution in [0.3, 0.4) is 0 Å². The predicted octanol–water partition coefficient (Wildman–Crippen LogP) is 5.35. The number of thiazole rings is 1. The molecule has 0 aliphatic carbocycles. The number of fused-ring (bicyclic) bond motifs is 3. The molecule has 1 N–H and O–H groups in total. The maximum Gasteiger partial charge on any atom is 0.253 e. The molecule has 0 spiro atoms. The van der Waals surface area contributed by atoms with Crippen molar-refractivity contribution in [2.45, 2.75) is 29.5 Å². The van der Waals surface area contributed by atoms with Gasteiger partial charge in [0.25, 0.3) is 10.0 Å². The molecule has 1 amide bonds. The number of hydrogen-bond donors (Lipinski definition) is 1. The summed E-state index contributed by atoms with van der Waals surface area (Å²) in [6.07, 6.45) is 1.98. The first-order chi connectivity index (χ1) is 14.9. The Hall–Kier alpha value is -2.04. The number of piperidine rings is 1. The van der Waals surface area contributed by atoms with Gasteiger partial charge in [0.05, 0.1) is 14.6 Å². The molecule has 0 saturated carbocycles. The van der Waals surface area contributed by atoms with Gasteiger partial charge in [-0.3, -0.25) is 4.79 Å². The minimum Gasteiger partial charge on any atom is -0.301 e. The molecular formula is C21H18ClN3O3S3. The van der Waals surface area contributed by atoms with Crippen LogP contribution in [0.15, 0.2) is 52.7 Å². The summed E-state index contributed by atoms with van der Waals surface area (Å²) in [4.78, 5) is 17.7. The van der Waals surface area contributed by atoms with Crippen LogP contribution in [-0.4, -0.2) is 36.2 Å². The maximum absolute atomic E-state index is 13.1. The van der Waals surface area contributed by atoms with Gasteiger partial charge >= 0.3 is 0 Å². The smallest absolute Gasteiger partial charge is 0.253 e. The number of nitrogens with zero attached hydrogens (tertiary/aromatic N) is 2. The lowest BCUT2D eigenvalue weighted by atomic mass is 10.0. The predicted molar refractivity (Wildman–Crippen MR) is 127 cm³/mol. The molecule has 5 rings (SSSR count). The number of sulfonamides is 1. The van der Waals surface area contributed by atoms with Gasteiger partial charge in [0.1, 0.15) is 10.3 Å². The molecule has 3 heterocycles. The highest BCUT2D eigenvalue weighted by Crippen LogP contribution is 2.34. The van der Waals surface area contributed by atoms with E-state index in [1.165, 1.54) is 21.7 Å². The second-order valence-corrected chi connectivity index (χ2v) is 12.2. The van der Waals surface area contributed by atoms with Gasteiger partial charge < -0.3 is 5.32 Å². The van der Waals surface area contributed by atoms with Crippen molar-refractivity contribution in [2.75, 3.05) is 11.9 Å². The van der Waals surface area contributed by atoms with E-state index >= 15 is 0 Å². The van der Waals surface area contributed by atoms with Crippen LogP contribution < -0.4 is 5.32 Å². The van der Waals surface area contributed by atoms with E-state index in [9.17, 15) is 13.2 Å². The fourth-order valence-corrected chi connectivity index (χ4v) is 8.18. The van der Waals surface area contributed by atoms with E-state index in [4.69, 9.17) is 11.6 Å². The lowest BCUT2D eigenvalue weighted by molar-refractivity contribution is -0.120. The van der Waals surface area contributed by atoms with Crippen LogP contribution in [0, 0.1) is 0 Å². The van der Waals surface area contributed by atoms with E-state index in [0.29, 0.717) is 22.4 Å². The summed E-state index contributed by atoms with van der Waals surface area (Å²) < 4.78 is 29.1. The number of aromatic nitrogens is 1. The van der Waals surface area contributed by atoms with Crippen LogP contribution in [0.5, 0.6) is 0 Å². The molecular weight excluding hydrogens is 474 g/mol. The van der Waals surface area contributed by atoms with Crippen molar-refractivity contribution in [2.24, 2.45) is 0 Å². The Labute approximate surface area is 192 Å². The second kappa shape index (κ2) is 8.14. The van der Waals surface area contributed by atoms with Gasteiger partial charge in [-0.05, 0) is 36.4 Å². The molecule has 1 fully saturated rings. The molecule has 10 heteroatoms. The third-order valence-electron chi connectivity index (χ3n) is 5.38. The average Bonchev–Trinajstić information content (AvgIpc) is 3.40. The Balaban J connectivity index is 1.44. The maximum atomic E-state index is 13.1. The monoisotopic (exact) mass is 491 g/mol. The van der Waals surface area contributed by atoms with E-state index in [-0.39, 0.29) is 10.1 Å². The molecule has 2 aromatic carbocycles. The van der Waals surface area contributed by atoms with Crippen molar-refractivity contribution in [1.29, 1.82) is 0 Å². The summed E-state index contributed by atoms with van der Waals surface area (Å²) in [6, 6.07) is 14.2. The number of hydrogen-bond acceptors (Lipinski definition) is 6. The Morgan fingerprint density at radius 1 is 1.10 bits per heavy atom. The van der Waals surface area contributed by atoms with Crippen LogP contribution >= 0.6 is 34.3 Å². The number of anilines is 1. The number of nitrogens with one attached hydrogen (secondary N) is 1. The van der Waals surface area contributed by atoms with E-state index in [0.717, 1.165) is 45.2 Å². The zero-order valence-electron chi connectivity index (χ0n) is 16.2. The Kier molecular flexibility index (Phi) is 5.47. The molecule has 1 aliphatic rings. The van der Waals surface area contributed by atoms with Crippen LogP contribution in [0.1, 0.15) is 19.3 Å². The number of rotatable bonds is 4. The van der Waals surface area contributed by atoms with Crippen LogP contribution in [0.4, 0.5) is 5.13 Å². The van der Waals surface area contributed by atoms with E-state index in [2.05, 4.69) is 10.3 Å². The van der Waals surface area contributed by atoms with Gasteiger partial charge in [0.2, 0.25) is 5.91 Å². The van der Waals surface area contributed by atoms with Crippen LogP contribution in [0.2, 0.25) is 4.34 Å². The third kappa shape index (κ3) is 3.85. The molecule has 0 bridgehead atoms. The first kappa shape index (κ1) is 20.8.